The Labute approximate surface area is 193 Å². The number of hydrogen-bond donors (Lipinski definition) is 0. The van der Waals surface area contributed by atoms with Gasteiger partial charge in [0.05, 0.1) is 6.54 Å². The summed E-state index contributed by atoms with van der Waals surface area (Å²) in [7, 11) is 0. The van der Waals surface area contributed by atoms with Gasteiger partial charge in [-0.15, -0.1) is 22.9 Å². The molecule has 4 nitrogen and oxygen atoms in total. The molecule has 1 saturated carbocycles. The number of hydrogen-bond acceptors (Lipinski definition) is 3. The number of alkyl halides is 1. The first-order chi connectivity index (χ1) is 14.8. The Morgan fingerprint density at radius 1 is 1.13 bits per heavy atom. The molecule has 2 aromatic rings. The number of aryl methyl sites for hydroxylation is 1. The Kier molecular flexibility index (Phi) is 8.50. The average molecular weight is 465 g/mol. The predicted molar refractivity (Wildman–Crippen MR) is 124 cm³/mol. The van der Waals surface area contributed by atoms with Gasteiger partial charge in [0.15, 0.2) is 0 Å². The lowest BCUT2D eigenvalue weighted by Gasteiger charge is -2.36. The average Bonchev–Trinajstić information content (AvgIpc) is 3.17. The maximum Gasteiger partial charge on any atom is 0.242 e. The molecule has 1 unspecified atom stereocenters. The summed E-state index contributed by atoms with van der Waals surface area (Å²) in [6.07, 6.45) is 5.10. The zero-order valence-corrected chi connectivity index (χ0v) is 19.7. The zero-order valence-electron chi connectivity index (χ0n) is 18.2. The van der Waals surface area contributed by atoms with Gasteiger partial charge < -0.3 is 9.80 Å². The Hall–Kier alpha value is -1.92. The van der Waals surface area contributed by atoms with Gasteiger partial charge in [0, 0.05) is 17.5 Å². The molecule has 0 aliphatic heterocycles. The van der Waals surface area contributed by atoms with E-state index in [0.717, 1.165) is 48.1 Å². The highest BCUT2D eigenvalue weighted by Crippen LogP contribution is 2.25. The van der Waals surface area contributed by atoms with E-state index in [1.54, 1.807) is 40.2 Å². The second-order valence-corrected chi connectivity index (χ2v) is 9.93. The fourth-order valence-electron chi connectivity index (χ4n) is 4.04. The maximum atomic E-state index is 13.5. The summed E-state index contributed by atoms with van der Waals surface area (Å²) < 4.78 is 13.3. The van der Waals surface area contributed by atoms with Crippen LogP contribution in [-0.2, 0) is 22.7 Å². The lowest BCUT2D eigenvalue weighted by atomic mass is 9.94. The Balaban J connectivity index is 1.81. The van der Waals surface area contributed by atoms with Crippen molar-refractivity contribution in [2.24, 2.45) is 0 Å². The van der Waals surface area contributed by atoms with Crippen molar-refractivity contribution in [2.45, 2.75) is 70.5 Å². The first-order valence-corrected chi connectivity index (χ1v) is 12.2. The standard InChI is InChI=1S/C24H30ClFN2O2S/c1-17-12-13-31-22(17)15-27(14-19-8-10-20(26)11-9-19)23(29)16-28(24(30)18(2)25)21-6-4-3-5-7-21/h8-13,18,21H,3-7,14-16H2,1-2H3. The third-order valence-corrected chi connectivity index (χ3v) is 7.08. The molecule has 0 bridgehead atoms. The quantitative estimate of drug-likeness (QED) is 0.483. The Morgan fingerprint density at radius 2 is 1.81 bits per heavy atom. The van der Waals surface area contributed by atoms with Gasteiger partial charge >= 0.3 is 0 Å². The summed E-state index contributed by atoms with van der Waals surface area (Å²) in [5.41, 5.74) is 1.99. The van der Waals surface area contributed by atoms with E-state index in [4.69, 9.17) is 11.6 Å². The molecular formula is C24H30ClFN2O2S. The van der Waals surface area contributed by atoms with Gasteiger partial charge in [-0.3, -0.25) is 9.59 Å². The van der Waals surface area contributed by atoms with Crippen molar-refractivity contribution >= 4 is 34.8 Å². The largest absolute Gasteiger partial charge is 0.332 e. The van der Waals surface area contributed by atoms with Gasteiger partial charge in [-0.25, -0.2) is 4.39 Å². The number of halogens is 2. The van der Waals surface area contributed by atoms with Crippen LogP contribution in [0.4, 0.5) is 4.39 Å². The van der Waals surface area contributed by atoms with Crippen molar-refractivity contribution in [1.29, 1.82) is 0 Å². The lowest BCUT2D eigenvalue weighted by molar-refractivity contribution is -0.143. The minimum Gasteiger partial charge on any atom is -0.332 e. The molecule has 168 valence electrons. The highest BCUT2D eigenvalue weighted by atomic mass is 35.5. The van der Waals surface area contributed by atoms with E-state index < -0.39 is 5.38 Å². The number of carbonyl (C=O) groups is 2. The van der Waals surface area contributed by atoms with E-state index in [0.29, 0.717) is 13.1 Å². The van der Waals surface area contributed by atoms with Crippen LogP contribution in [-0.4, -0.2) is 39.6 Å². The molecule has 1 aliphatic carbocycles. The molecule has 31 heavy (non-hydrogen) atoms. The highest BCUT2D eigenvalue weighted by Gasteiger charge is 2.31. The smallest absolute Gasteiger partial charge is 0.242 e. The van der Waals surface area contributed by atoms with Crippen molar-refractivity contribution in [2.75, 3.05) is 6.54 Å². The molecule has 0 saturated heterocycles. The number of benzene rings is 1. The molecule has 2 amide bonds. The van der Waals surface area contributed by atoms with Crippen LogP contribution in [0.5, 0.6) is 0 Å². The zero-order chi connectivity index (χ0) is 22.4. The third-order valence-electron chi connectivity index (χ3n) is 5.89. The number of amides is 2. The van der Waals surface area contributed by atoms with E-state index in [2.05, 4.69) is 0 Å². The normalized spacial score (nSPS) is 15.5. The van der Waals surface area contributed by atoms with Crippen molar-refractivity contribution in [3.63, 3.8) is 0 Å². The Morgan fingerprint density at radius 3 is 2.39 bits per heavy atom. The van der Waals surface area contributed by atoms with Gasteiger partial charge in [-0.1, -0.05) is 31.4 Å². The highest BCUT2D eigenvalue weighted by molar-refractivity contribution is 7.10. The van der Waals surface area contributed by atoms with Crippen molar-refractivity contribution in [3.8, 4) is 0 Å². The van der Waals surface area contributed by atoms with E-state index in [1.165, 1.54) is 12.1 Å². The van der Waals surface area contributed by atoms with Gasteiger partial charge in [0.2, 0.25) is 11.8 Å². The maximum absolute atomic E-state index is 13.5. The van der Waals surface area contributed by atoms with E-state index in [1.807, 2.05) is 18.4 Å². The first kappa shape index (κ1) is 23.7. The molecule has 1 heterocycles. The fourth-order valence-corrected chi connectivity index (χ4v) is 5.08. The second-order valence-electron chi connectivity index (χ2n) is 8.28. The summed E-state index contributed by atoms with van der Waals surface area (Å²) >= 11 is 7.75. The SMILES string of the molecule is Cc1ccsc1CN(Cc1ccc(F)cc1)C(=O)CN(C(=O)C(C)Cl)C1CCCCC1. The minimum atomic E-state index is -0.667. The summed E-state index contributed by atoms with van der Waals surface area (Å²) in [6.45, 7) is 4.53. The molecule has 1 aromatic carbocycles. The monoisotopic (exact) mass is 464 g/mol. The number of thiophene rings is 1. The number of nitrogens with zero attached hydrogens (tertiary/aromatic N) is 2. The second kappa shape index (κ2) is 11.1. The number of rotatable bonds is 8. The van der Waals surface area contributed by atoms with Crippen LogP contribution in [0.25, 0.3) is 0 Å². The molecule has 0 radical (unpaired) electrons. The van der Waals surface area contributed by atoms with E-state index in [-0.39, 0.29) is 30.2 Å². The van der Waals surface area contributed by atoms with Crippen molar-refractivity contribution in [1.82, 2.24) is 9.80 Å². The van der Waals surface area contributed by atoms with Gasteiger partial charge in [0.25, 0.3) is 0 Å². The van der Waals surface area contributed by atoms with Crippen LogP contribution >= 0.6 is 22.9 Å². The van der Waals surface area contributed by atoms with Gasteiger partial charge in [0.1, 0.15) is 17.7 Å². The van der Waals surface area contributed by atoms with E-state index in [9.17, 15) is 14.0 Å². The molecule has 0 spiro atoms. The van der Waals surface area contributed by atoms with E-state index >= 15 is 0 Å². The van der Waals surface area contributed by atoms with Crippen LogP contribution in [0.3, 0.4) is 0 Å². The molecule has 7 heteroatoms. The minimum absolute atomic E-state index is 0.0200. The topological polar surface area (TPSA) is 40.6 Å². The summed E-state index contributed by atoms with van der Waals surface area (Å²) in [4.78, 5) is 30.9. The van der Waals surface area contributed by atoms with Crippen LogP contribution in [0.1, 0.15) is 55.0 Å². The Bertz CT molecular complexity index is 878. The first-order valence-electron chi connectivity index (χ1n) is 10.8. The molecule has 3 rings (SSSR count). The van der Waals surface area contributed by atoms with Crippen molar-refractivity contribution < 1.29 is 14.0 Å². The molecule has 0 N–H and O–H groups in total. The van der Waals surface area contributed by atoms with Crippen molar-refractivity contribution in [3.05, 3.63) is 57.5 Å². The molecule has 1 aliphatic rings. The lowest BCUT2D eigenvalue weighted by Crippen LogP contribution is -2.49. The summed E-state index contributed by atoms with van der Waals surface area (Å²) in [6, 6.07) is 8.29. The molecule has 1 aromatic heterocycles. The van der Waals surface area contributed by atoms with Gasteiger partial charge in [-0.05, 0) is 61.4 Å². The molecule has 1 fully saturated rings. The van der Waals surface area contributed by atoms with Crippen LogP contribution in [0.15, 0.2) is 35.7 Å². The molecule has 1 atom stereocenters. The molecular weight excluding hydrogens is 435 g/mol. The van der Waals surface area contributed by atoms with Crippen LogP contribution < -0.4 is 0 Å². The fraction of sp³-hybridized carbons (Fsp3) is 0.500. The van der Waals surface area contributed by atoms with Crippen LogP contribution in [0.2, 0.25) is 0 Å². The summed E-state index contributed by atoms with van der Waals surface area (Å²) in [5, 5.41) is 1.35. The predicted octanol–water partition coefficient (Wildman–Crippen LogP) is 5.51. The van der Waals surface area contributed by atoms with Crippen LogP contribution in [0, 0.1) is 12.7 Å². The third kappa shape index (κ3) is 6.53. The van der Waals surface area contributed by atoms with Gasteiger partial charge in [-0.2, -0.15) is 0 Å². The number of carbonyl (C=O) groups excluding carboxylic acids is 2. The summed E-state index contributed by atoms with van der Waals surface area (Å²) in [5.74, 6) is -0.606.